The Kier molecular flexibility index (Phi) is 10.0. The minimum Gasteiger partial charge on any atom is -0.382 e. The molecule has 2 saturated heterocycles. The zero-order valence-corrected chi connectivity index (χ0v) is 21.7. The summed E-state index contributed by atoms with van der Waals surface area (Å²) in [6.45, 7) is 6.17. The Bertz CT molecular complexity index is 959. The van der Waals surface area contributed by atoms with Crippen molar-refractivity contribution in [1.82, 2.24) is 19.8 Å². The minimum absolute atomic E-state index is 0.00481. The number of hydrogen-bond donors (Lipinski definition) is 0. The number of hydrogen-bond acceptors (Lipinski definition) is 9. The van der Waals surface area contributed by atoms with Crippen molar-refractivity contribution >= 4 is 29.0 Å². The number of amides is 2. The highest BCUT2D eigenvalue weighted by Gasteiger charge is 2.28. The van der Waals surface area contributed by atoms with Crippen LogP contribution >= 0.6 is 11.3 Å². The van der Waals surface area contributed by atoms with Crippen molar-refractivity contribution in [2.45, 2.75) is 18.8 Å². The molecule has 0 aromatic carbocycles. The molecule has 0 radical (unpaired) electrons. The number of aromatic nitrogens is 2. The predicted molar refractivity (Wildman–Crippen MR) is 137 cm³/mol. The lowest BCUT2D eigenvalue weighted by atomic mass is 9.97. The van der Waals surface area contributed by atoms with Crippen LogP contribution in [-0.4, -0.2) is 111 Å². The molecule has 4 heterocycles. The molecule has 2 aliphatic heterocycles. The molecule has 0 spiro atoms. The molecule has 2 aromatic rings. The maximum absolute atomic E-state index is 13.0. The quantitative estimate of drug-likeness (QED) is 0.417. The largest absolute Gasteiger partial charge is 0.382 e. The lowest BCUT2D eigenvalue weighted by molar-refractivity contribution is -0.137. The monoisotopic (exact) mass is 517 g/mol. The smallest absolute Gasteiger partial charge is 0.273 e. The van der Waals surface area contributed by atoms with Crippen LogP contribution in [0.3, 0.4) is 0 Å². The number of piperazine rings is 1. The molecule has 0 atom stereocenters. The van der Waals surface area contributed by atoms with Gasteiger partial charge in [0.15, 0.2) is 0 Å². The number of likely N-dealkylation sites (tertiary alicyclic amines) is 1. The third kappa shape index (κ3) is 7.22. The first-order valence-corrected chi connectivity index (χ1v) is 13.4. The van der Waals surface area contributed by atoms with E-state index in [0.29, 0.717) is 58.3 Å². The second-order valence-corrected chi connectivity index (χ2v) is 9.74. The van der Waals surface area contributed by atoms with Crippen molar-refractivity contribution in [2.24, 2.45) is 0 Å². The van der Waals surface area contributed by atoms with Crippen LogP contribution < -0.4 is 4.90 Å². The molecule has 36 heavy (non-hydrogen) atoms. The lowest BCUT2D eigenvalue weighted by Crippen LogP contribution is -2.49. The SMILES string of the molecule is COCCOCCOCC(=O)N1CCC(c2nc(C(=O)N3CCN(c4ccccn4)CC3)cs2)CC1. The summed E-state index contributed by atoms with van der Waals surface area (Å²) in [6, 6.07) is 5.88. The molecule has 2 fully saturated rings. The van der Waals surface area contributed by atoms with Gasteiger partial charge in [0.1, 0.15) is 18.1 Å². The van der Waals surface area contributed by atoms with E-state index >= 15 is 0 Å². The second-order valence-electron chi connectivity index (χ2n) is 8.85. The van der Waals surface area contributed by atoms with Gasteiger partial charge in [-0.2, -0.15) is 0 Å². The van der Waals surface area contributed by atoms with Crippen LogP contribution in [0.1, 0.15) is 34.3 Å². The standard InChI is InChI=1S/C25H35N5O5S/c1-33-14-15-34-16-17-35-18-23(31)29-8-5-20(6-9-29)24-27-21(19-36-24)25(32)30-12-10-28(11-13-30)22-4-2-3-7-26-22/h2-4,7,19-20H,5-6,8-18H2,1H3. The number of carbonyl (C=O) groups is 2. The summed E-state index contributed by atoms with van der Waals surface area (Å²) in [5.41, 5.74) is 0.529. The first kappa shape index (κ1) is 26.5. The van der Waals surface area contributed by atoms with E-state index in [1.54, 1.807) is 24.6 Å². The van der Waals surface area contributed by atoms with Gasteiger partial charge in [0.25, 0.3) is 5.91 Å². The van der Waals surface area contributed by atoms with Crippen molar-refractivity contribution < 1.29 is 23.8 Å². The van der Waals surface area contributed by atoms with Crippen LogP contribution in [0.5, 0.6) is 0 Å². The van der Waals surface area contributed by atoms with Crippen molar-refractivity contribution in [1.29, 1.82) is 0 Å². The molecule has 2 aliphatic rings. The maximum Gasteiger partial charge on any atom is 0.273 e. The molecule has 10 nitrogen and oxygen atoms in total. The summed E-state index contributed by atoms with van der Waals surface area (Å²) >= 11 is 1.55. The second kappa shape index (κ2) is 13.6. The Balaban J connectivity index is 1.17. The first-order valence-electron chi connectivity index (χ1n) is 12.5. The summed E-state index contributed by atoms with van der Waals surface area (Å²) in [5, 5.41) is 2.87. The van der Waals surface area contributed by atoms with Gasteiger partial charge in [0.05, 0.1) is 31.4 Å². The van der Waals surface area contributed by atoms with Crippen molar-refractivity contribution in [2.75, 3.05) is 84.3 Å². The molecule has 11 heteroatoms. The molecule has 4 rings (SSSR count). The number of carbonyl (C=O) groups excluding carboxylic acids is 2. The molecule has 0 aliphatic carbocycles. The average molecular weight is 518 g/mol. The molecular weight excluding hydrogens is 482 g/mol. The van der Waals surface area contributed by atoms with E-state index in [4.69, 9.17) is 19.2 Å². The number of pyridine rings is 1. The summed E-state index contributed by atoms with van der Waals surface area (Å²) in [7, 11) is 1.63. The normalized spacial score (nSPS) is 17.0. The van der Waals surface area contributed by atoms with Crippen molar-refractivity contribution in [3.63, 3.8) is 0 Å². The molecular formula is C25H35N5O5S. The van der Waals surface area contributed by atoms with Gasteiger partial charge in [-0.15, -0.1) is 11.3 Å². The van der Waals surface area contributed by atoms with Crippen LogP contribution in [0.4, 0.5) is 5.82 Å². The third-order valence-electron chi connectivity index (χ3n) is 6.51. The van der Waals surface area contributed by atoms with Gasteiger partial charge in [-0.05, 0) is 25.0 Å². The highest BCUT2D eigenvalue weighted by atomic mass is 32.1. The van der Waals surface area contributed by atoms with Gasteiger partial charge in [0, 0.05) is 63.9 Å². The molecule has 0 saturated carbocycles. The average Bonchev–Trinajstić information content (AvgIpc) is 3.43. The van der Waals surface area contributed by atoms with Gasteiger partial charge in [-0.25, -0.2) is 9.97 Å². The fourth-order valence-electron chi connectivity index (χ4n) is 4.40. The van der Waals surface area contributed by atoms with E-state index in [1.807, 2.05) is 33.4 Å². The number of methoxy groups -OCH3 is 1. The van der Waals surface area contributed by atoms with E-state index in [-0.39, 0.29) is 24.3 Å². The van der Waals surface area contributed by atoms with Gasteiger partial charge < -0.3 is 28.9 Å². The highest BCUT2D eigenvalue weighted by molar-refractivity contribution is 7.09. The number of rotatable bonds is 11. The summed E-state index contributed by atoms with van der Waals surface area (Å²) in [5.74, 6) is 1.22. The number of anilines is 1. The van der Waals surface area contributed by atoms with Crippen molar-refractivity contribution in [3.05, 3.63) is 40.5 Å². The molecule has 0 unspecified atom stereocenters. The topological polar surface area (TPSA) is 97.3 Å². The molecule has 0 N–H and O–H groups in total. The molecule has 2 amide bonds. The van der Waals surface area contributed by atoms with Crippen LogP contribution in [0.25, 0.3) is 0 Å². The van der Waals surface area contributed by atoms with Gasteiger partial charge in [-0.1, -0.05) is 6.07 Å². The van der Waals surface area contributed by atoms with E-state index in [9.17, 15) is 9.59 Å². The summed E-state index contributed by atoms with van der Waals surface area (Å²) in [6.07, 6.45) is 3.48. The van der Waals surface area contributed by atoms with E-state index < -0.39 is 0 Å². The van der Waals surface area contributed by atoms with E-state index in [1.165, 1.54) is 0 Å². The number of piperidine rings is 1. The Hall–Kier alpha value is -2.60. The fraction of sp³-hybridized carbons (Fsp3) is 0.600. The molecule has 196 valence electrons. The Morgan fingerprint density at radius 2 is 1.72 bits per heavy atom. The Labute approximate surface area is 216 Å². The number of thiazole rings is 1. The zero-order chi connectivity index (χ0) is 25.2. The highest BCUT2D eigenvalue weighted by Crippen LogP contribution is 2.30. The third-order valence-corrected chi connectivity index (χ3v) is 7.51. The van der Waals surface area contributed by atoms with Gasteiger partial charge >= 0.3 is 0 Å². The van der Waals surface area contributed by atoms with Crippen molar-refractivity contribution in [3.8, 4) is 0 Å². The van der Waals surface area contributed by atoms with Crippen LogP contribution in [-0.2, 0) is 19.0 Å². The summed E-state index contributed by atoms with van der Waals surface area (Å²) < 4.78 is 15.7. The minimum atomic E-state index is -0.00543. The van der Waals surface area contributed by atoms with E-state index in [2.05, 4.69) is 9.88 Å². The van der Waals surface area contributed by atoms with Crippen LogP contribution in [0, 0.1) is 0 Å². The lowest BCUT2D eigenvalue weighted by Gasteiger charge is -2.35. The Morgan fingerprint density at radius 3 is 2.44 bits per heavy atom. The number of ether oxygens (including phenoxy) is 3. The summed E-state index contributed by atoms with van der Waals surface area (Å²) in [4.78, 5) is 40.5. The zero-order valence-electron chi connectivity index (χ0n) is 20.8. The first-order chi connectivity index (χ1) is 17.7. The molecule has 0 bridgehead atoms. The van der Waals surface area contributed by atoms with Gasteiger partial charge in [0.2, 0.25) is 5.91 Å². The van der Waals surface area contributed by atoms with Crippen LogP contribution in [0.15, 0.2) is 29.8 Å². The number of nitrogens with zero attached hydrogens (tertiary/aromatic N) is 5. The fourth-order valence-corrected chi connectivity index (χ4v) is 5.37. The van der Waals surface area contributed by atoms with Crippen LogP contribution in [0.2, 0.25) is 0 Å². The maximum atomic E-state index is 13.0. The Morgan fingerprint density at radius 1 is 0.972 bits per heavy atom. The molecule has 2 aromatic heterocycles. The predicted octanol–water partition coefficient (Wildman–Crippen LogP) is 1.89. The van der Waals surface area contributed by atoms with Gasteiger partial charge in [-0.3, -0.25) is 9.59 Å². The van der Waals surface area contributed by atoms with E-state index in [0.717, 1.165) is 36.8 Å².